The highest BCUT2D eigenvalue weighted by molar-refractivity contribution is 5.73. The number of nitrogen functional groups attached to an aromatic ring is 1. The van der Waals surface area contributed by atoms with Crippen LogP contribution in [-0.2, 0) is 0 Å². The maximum atomic E-state index is 5.75. The van der Waals surface area contributed by atoms with Crippen molar-refractivity contribution in [3.63, 3.8) is 0 Å². The second-order valence-electron chi connectivity index (χ2n) is 3.02. The molecule has 0 aliphatic carbocycles. The van der Waals surface area contributed by atoms with Gasteiger partial charge in [0.25, 0.3) is 0 Å². The van der Waals surface area contributed by atoms with Crippen molar-refractivity contribution in [2.45, 2.75) is 6.92 Å². The third-order valence-electron chi connectivity index (χ3n) is 2.09. The molecule has 1 aromatic heterocycles. The van der Waals surface area contributed by atoms with Crippen molar-refractivity contribution in [3.8, 4) is 11.3 Å². The molecule has 0 unspecified atom stereocenters. The predicted octanol–water partition coefficient (Wildman–Crippen LogP) is 2.84. The lowest BCUT2D eigenvalue weighted by Crippen LogP contribution is -1.86. The molecule has 0 saturated carbocycles. The second-order valence-corrected chi connectivity index (χ2v) is 3.02. The average molecular weight is 173 g/mol. The summed E-state index contributed by atoms with van der Waals surface area (Å²) >= 11 is 0. The molecule has 1 heterocycles. The fourth-order valence-corrected chi connectivity index (χ4v) is 1.37. The summed E-state index contributed by atoms with van der Waals surface area (Å²) in [5.74, 6) is 0.762. The molecule has 0 atom stereocenters. The zero-order chi connectivity index (χ0) is 9.26. The van der Waals surface area contributed by atoms with E-state index in [9.17, 15) is 0 Å². The van der Waals surface area contributed by atoms with E-state index in [1.54, 1.807) is 12.3 Å². The Hall–Kier alpha value is -1.70. The lowest BCUT2D eigenvalue weighted by atomic mass is 10.1. The first kappa shape index (κ1) is 7.92. The third-order valence-corrected chi connectivity index (χ3v) is 2.09. The first-order valence-corrected chi connectivity index (χ1v) is 4.18. The van der Waals surface area contributed by atoms with Crippen LogP contribution in [0.1, 0.15) is 5.56 Å². The van der Waals surface area contributed by atoms with Crippen LogP contribution < -0.4 is 5.73 Å². The number of rotatable bonds is 1. The van der Waals surface area contributed by atoms with Crippen LogP contribution in [-0.4, -0.2) is 0 Å². The minimum Gasteiger partial charge on any atom is -0.462 e. The molecule has 0 aliphatic heterocycles. The molecule has 1 aromatic carbocycles. The molecule has 0 amide bonds. The molecule has 2 aromatic rings. The Balaban J connectivity index is 2.59. The summed E-state index contributed by atoms with van der Waals surface area (Å²) in [6.07, 6.45) is 1.61. The average Bonchev–Trinajstić information content (AvgIpc) is 2.52. The maximum absolute atomic E-state index is 5.75. The van der Waals surface area contributed by atoms with Crippen molar-refractivity contribution >= 4 is 5.69 Å². The molecule has 0 fully saturated rings. The van der Waals surface area contributed by atoms with Gasteiger partial charge >= 0.3 is 0 Å². The molecule has 0 spiro atoms. The molecule has 66 valence electrons. The minimum absolute atomic E-state index is 0.689. The number of aryl methyl sites for hydroxylation is 1. The van der Waals surface area contributed by atoms with Crippen LogP contribution in [0, 0.1) is 6.92 Å². The van der Waals surface area contributed by atoms with Gasteiger partial charge in [-0.05, 0) is 12.5 Å². The van der Waals surface area contributed by atoms with Crippen molar-refractivity contribution in [2.24, 2.45) is 0 Å². The van der Waals surface area contributed by atoms with Crippen molar-refractivity contribution < 1.29 is 4.42 Å². The Labute approximate surface area is 77.0 Å². The van der Waals surface area contributed by atoms with E-state index in [0.717, 1.165) is 11.3 Å². The monoisotopic (exact) mass is 173 g/mol. The standard InChI is InChI=1S/C11H11NO/c1-8-4-2-3-5-9(8)11-10(12)6-7-13-11/h2-7H,12H2,1H3. The Morgan fingerprint density at radius 3 is 2.54 bits per heavy atom. The summed E-state index contributed by atoms with van der Waals surface area (Å²) in [6, 6.07) is 9.78. The number of benzene rings is 1. The van der Waals surface area contributed by atoms with E-state index >= 15 is 0 Å². The van der Waals surface area contributed by atoms with Gasteiger partial charge in [0.05, 0.1) is 12.0 Å². The fraction of sp³-hybridized carbons (Fsp3) is 0.0909. The summed E-state index contributed by atoms with van der Waals surface area (Å²) in [5, 5.41) is 0. The van der Waals surface area contributed by atoms with Crippen LogP contribution in [0.5, 0.6) is 0 Å². The Morgan fingerprint density at radius 2 is 1.92 bits per heavy atom. The van der Waals surface area contributed by atoms with Crippen molar-refractivity contribution in [1.29, 1.82) is 0 Å². The molecule has 2 nitrogen and oxygen atoms in total. The van der Waals surface area contributed by atoms with E-state index in [4.69, 9.17) is 10.2 Å². The highest BCUT2D eigenvalue weighted by atomic mass is 16.3. The van der Waals surface area contributed by atoms with Gasteiger partial charge in [-0.1, -0.05) is 24.3 Å². The summed E-state index contributed by atoms with van der Waals surface area (Å²) in [7, 11) is 0. The van der Waals surface area contributed by atoms with Crippen LogP contribution in [0.15, 0.2) is 41.0 Å². The largest absolute Gasteiger partial charge is 0.462 e. The summed E-state index contributed by atoms with van der Waals surface area (Å²) in [5.41, 5.74) is 8.67. The van der Waals surface area contributed by atoms with Crippen molar-refractivity contribution in [2.75, 3.05) is 5.73 Å². The van der Waals surface area contributed by atoms with Crippen LogP contribution in [0.4, 0.5) is 5.69 Å². The topological polar surface area (TPSA) is 39.2 Å². The SMILES string of the molecule is Cc1ccccc1-c1occc1N. The number of hydrogen-bond donors (Lipinski definition) is 1. The van der Waals surface area contributed by atoms with E-state index in [1.165, 1.54) is 5.56 Å². The molecule has 2 heteroatoms. The highest BCUT2D eigenvalue weighted by Crippen LogP contribution is 2.28. The van der Waals surface area contributed by atoms with E-state index in [2.05, 4.69) is 0 Å². The first-order chi connectivity index (χ1) is 6.29. The summed E-state index contributed by atoms with van der Waals surface area (Å²) in [4.78, 5) is 0. The normalized spacial score (nSPS) is 10.2. The molecule has 0 aliphatic rings. The lowest BCUT2D eigenvalue weighted by Gasteiger charge is -2.02. The lowest BCUT2D eigenvalue weighted by molar-refractivity contribution is 0.583. The van der Waals surface area contributed by atoms with Gasteiger partial charge in [-0.3, -0.25) is 0 Å². The smallest absolute Gasteiger partial charge is 0.156 e. The van der Waals surface area contributed by atoms with Crippen LogP contribution in [0.25, 0.3) is 11.3 Å². The number of furan rings is 1. The number of anilines is 1. The van der Waals surface area contributed by atoms with Gasteiger partial charge < -0.3 is 10.2 Å². The van der Waals surface area contributed by atoms with E-state index < -0.39 is 0 Å². The first-order valence-electron chi connectivity index (χ1n) is 4.18. The van der Waals surface area contributed by atoms with Gasteiger partial charge in [-0.2, -0.15) is 0 Å². The maximum Gasteiger partial charge on any atom is 0.156 e. The molecule has 0 radical (unpaired) electrons. The minimum atomic E-state index is 0.689. The highest BCUT2D eigenvalue weighted by Gasteiger charge is 2.07. The van der Waals surface area contributed by atoms with Gasteiger partial charge in [0.2, 0.25) is 0 Å². The Kier molecular flexibility index (Phi) is 1.81. The molecule has 0 saturated heterocycles. The van der Waals surface area contributed by atoms with Crippen LogP contribution >= 0.6 is 0 Å². The Bertz CT molecular complexity index is 418. The molecule has 0 bridgehead atoms. The third kappa shape index (κ3) is 1.31. The number of nitrogens with two attached hydrogens (primary N) is 1. The quantitative estimate of drug-likeness (QED) is 0.720. The zero-order valence-electron chi connectivity index (χ0n) is 7.45. The van der Waals surface area contributed by atoms with Gasteiger partial charge in [0.1, 0.15) is 0 Å². The van der Waals surface area contributed by atoms with Gasteiger partial charge in [-0.25, -0.2) is 0 Å². The van der Waals surface area contributed by atoms with Crippen molar-refractivity contribution in [3.05, 3.63) is 42.2 Å². The molecular formula is C11H11NO. The zero-order valence-corrected chi connectivity index (χ0v) is 7.45. The van der Waals surface area contributed by atoms with Gasteiger partial charge in [-0.15, -0.1) is 0 Å². The molecular weight excluding hydrogens is 162 g/mol. The molecule has 13 heavy (non-hydrogen) atoms. The van der Waals surface area contributed by atoms with Crippen molar-refractivity contribution in [1.82, 2.24) is 0 Å². The predicted molar refractivity (Wildman–Crippen MR) is 53.3 cm³/mol. The second kappa shape index (κ2) is 2.98. The fourth-order valence-electron chi connectivity index (χ4n) is 1.37. The van der Waals surface area contributed by atoms with E-state index in [1.807, 2.05) is 31.2 Å². The van der Waals surface area contributed by atoms with Crippen LogP contribution in [0.3, 0.4) is 0 Å². The van der Waals surface area contributed by atoms with Crippen LogP contribution in [0.2, 0.25) is 0 Å². The summed E-state index contributed by atoms with van der Waals surface area (Å²) < 4.78 is 5.31. The number of hydrogen-bond acceptors (Lipinski definition) is 2. The molecule has 2 N–H and O–H groups in total. The van der Waals surface area contributed by atoms with Gasteiger partial charge in [0, 0.05) is 11.6 Å². The van der Waals surface area contributed by atoms with E-state index in [-0.39, 0.29) is 0 Å². The van der Waals surface area contributed by atoms with Gasteiger partial charge in [0.15, 0.2) is 5.76 Å². The summed E-state index contributed by atoms with van der Waals surface area (Å²) in [6.45, 7) is 2.04. The Morgan fingerprint density at radius 1 is 1.15 bits per heavy atom. The molecule has 2 rings (SSSR count). The van der Waals surface area contributed by atoms with E-state index in [0.29, 0.717) is 5.69 Å².